The smallest absolute Gasteiger partial charge is 0.416 e. The first-order chi connectivity index (χ1) is 12.2. The van der Waals surface area contributed by atoms with Crippen molar-refractivity contribution in [2.75, 3.05) is 6.54 Å². The standard InChI is InChI=1S/C18H21F3N4O/c1-5-11(2)10-23-17-24-14(6-7-25(17)22-4)16-12(3)8-13(9-15(16)26)18(19,20)21/h6-9,11,26H,4-5,10H2,1-3H3. The molecule has 5 nitrogen and oxygen atoms in total. The van der Waals surface area contributed by atoms with Crippen molar-refractivity contribution in [1.29, 1.82) is 0 Å². The molecule has 0 spiro atoms. The molecule has 1 heterocycles. The molecule has 8 heteroatoms. The Morgan fingerprint density at radius 2 is 2.04 bits per heavy atom. The van der Waals surface area contributed by atoms with Crippen LogP contribution in [0, 0.1) is 12.8 Å². The lowest BCUT2D eigenvalue weighted by atomic mass is 10.0. The van der Waals surface area contributed by atoms with E-state index in [0.29, 0.717) is 24.2 Å². The Balaban J connectivity index is 2.58. The topological polar surface area (TPSA) is 62.8 Å². The lowest BCUT2D eigenvalue weighted by molar-refractivity contribution is -0.137. The zero-order valence-electron chi connectivity index (χ0n) is 14.9. The van der Waals surface area contributed by atoms with Gasteiger partial charge in [0.05, 0.1) is 11.3 Å². The van der Waals surface area contributed by atoms with Crippen molar-refractivity contribution in [3.8, 4) is 17.0 Å². The Morgan fingerprint density at radius 1 is 1.35 bits per heavy atom. The van der Waals surface area contributed by atoms with Crippen LogP contribution in [0.2, 0.25) is 0 Å². The van der Waals surface area contributed by atoms with E-state index < -0.39 is 17.5 Å². The summed E-state index contributed by atoms with van der Waals surface area (Å²) in [6, 6.07) is 3.23. The van der Waals surface area contributed by atoms with Gasteiger partial charge in [-0.1, -0.05) is 20.3 Å². The van der Waals surface area contributed by atoms with E-state index in [1.165, 1.54) is 11.6 Å². The van der Waals surface area contributed by atoms with E-state index in [0.717, 1.165) is 12.5 Å². The van der Waals surface area contributed by atoms with Crippen LogP contribution in [0.15, 0.2) is 34.5 Å². The van der Waals surface area contributed by atoms with Crippen molar-refractivity contribution >= 4 is 6.72 Å². The molecule has 1 unspecified atom stereocenters. The van der Waals surface area contributed by atoms with Gasteiger partial charge in [-0.2, -0.15) is 18.3 Å². The SMILES string of the molecule is C=Nn1ccc(-c2c(C)cc(C(F)(F)F)cc2O)nc1=NCC(C)CC. The van der Waals surface area contributed by atoms with Crippen molar-refractivity contribution in [1.82, 2.24) is 9.66 Å². The monoisotopic (exact) mass is 366 g/mol. The van der Waals surface area contributed by atoms with Crippen LogP contribution in [0.3, 0.4) is 0 Å². The second-order valence-electron chi connectivity index (χ2n) is 6.14. The van der Waals surface area contributed by atoms with Crippen LogP contribution < -0.4 is 5.62 Å². The molecule has 140 valence electrons. The molecule has 0 bridgehead atoms. The van der Waals surface area contributed by atoms with Gasteiger partial charge in [-0.3, -0.25) is 0 Å². The second kappa shape index (κ2) is 7.72. The van der Waals surface area contributed by atoms with Crippen LogP contribution >= 0.6 is 0 Å². The first kappa shape index (κ1) is 19.7. The Bertz CT molecular complexity index is 848. The van der Waals surface area contributed by atoms with Crippen molar-refractivity contribution in [2.24, 2.45) is 16.0 Å². The molecular formula is C18H21F3N4O. The van der Waals surface area contributed by atoms with Gasteiger partial charge in [0.15, 0.2) is 0 Å². The number of phenolic OH excluding ortho intramolecular Hbond substituents is 1. The van der Waals surface area contributed by atoms with E-state index in [1.54, 1.807) is 12.3 Å². The number of phenols is 1. The highest BCUT2D eigenvalue weighted by Crippen LogP contribution is 2.38. The van der Waals surface area contributed by atoms with Crippen LogP contribution in [0.4, 0.5) is 13.2 Å². The van der Waals surface area contributed by atoms with Gasteiger partial charge in [0.25, 0.3) is 0 Å². The number of benzene rings is 1. The highest BCUT2D eigenvalue weighted by Gasteiger charge is 2.32. The maximum Gasteiger partial charge on any atom is 0.416 e. The summed E-state index contributed by atoms with van der Waals surface area (Å²) in [5.74, 6) is -0.137. The summed E-state index contributed by atoms with van der Waals surface area (Å²) in [6.07, 6.45) is -2.03. The Hall–Kier alpha value is -2.64. The number of hydrogen-bond donors (Lipinski definition) is 1. The quantitative estimate of drug-likeness (QED) is 0.813. The first-order valence-corrected chi connectivity index (χ1v) is 8.15. The molecular weight excluding hydrogens is 345 g/mol. The number of aromatic nitrogens is 2. The van der Waals surface area contributed by atoms with Crippen LogP contribution in [0.25, 0.3) is 11.3 Å². The van der Waals surface area contributed by atoms with Crippen LogP contribution in [0.5, 0.6) is 5.75 Å². The van der Waals surface area contributed by atoms with E-state index in [2.05, 4.69) is 21.8 Å². The van der Waals surface area contributed by atoms with Gasteiger partial charge >= 0.3 is 6.18 Å². The molecule has 0 saturated carbocycles. The number of aromatic hydroxyl groups is 1. The molecule has 1 atom stereocenters. The van der Waals surface area contributed by atoms with E-state index >= 15 is 0 Å². The maximum absolute atomic E-state index is 12.9. The summed E-state index contributed by atoms with van der Waals surface area (Å²) in [5.41, 5.74) is 0.181. The van der Waals surface area contributed by atoms with E-state index in [1.807, 2.05) is 13.8 Å². The number of aryl methyl sites for hydroxylation is 1. The minimum Gasteiger partial charge on any atom is -0.507 e. The molecule has 2 aromatic rings. The molecule has 0 fully saturated rings. The molecule has 26 heavy (non-hydrogen) atoms. The number of rotatable bonds is 5. The van der Waals surface area contributed by atoms with Gasteiger partial charge in [0.1, 0.15) is 5.75 Å². The summed E-state index contributed by atoms with van der Waals surface area (Å²) < 4.78 is 40.0. The summed E-state index contributed by atoms with van der Waals surface area (Å²) in [7, 11) is 0. The minimum atomic E-state index is -4.53. The summed E-state index contributed by atoms with van der Waals surface area (Å²) >= 11 is 0. The second-order valence-corrected chi connectivity index (χ2v) is 6.14. The van der Waals surface area contributed by atoms with Gasteiger partial charge in [0, 0.05) is 25.0 Å². The number of alkyl halides is 3. The fourth-order valence-corrected chi connectivity index (χ4v) is 2.39. The predicted molar refractivity (Wildman–Crippen MR) is 93.9 cm³/mol. The third-order valence-corrected chi connectivity index (χ3v) is 4.09. The van der Waals surface area contributed by atoms with Gasteiger partial charge in [-0.05, 0) is 36.6 Å². The average molecular weight is 366 g/mol. The largest absolute Gasteiger partial charge is 0.507 e. The van der Waals surface area contributed by atoms with Crippen molar-refractivity contribution in [3.05, 3.63) is 41.1 Å². The lowest BCUT2D eigenvalue weighted by Crippen LogP contribution is -2.22. The molecule has 0 aliphatic rings. The lowest BCUT2D eigenvalue weighted by Gasteiger charge is -2.13. The zero-order valence-corrected chi connectivity index (χ0v) is 14.9. The molecule has 2 rings (SSSR count). The minimum absolute atomic E-state index is 0.231. The number of hydrogen-bond acceptors (Lipinski definition) is 4. The van der Waals surface area contributed by atoms with E-state index in [9.17, 15) is 18.3 Å². The number of halogens is 3. The van der Waals surface area contributed by atoms with Gasteiger partial charge < -0.3 is 5.11 Å². The van der Waals surface area contributed by atoms with Gasteiger partial charge in [0.2, 0.25) is 5.62 Å². The van der Waals surface area contributed by atoms with Crippen LogP contribution in [0.1, 0.15) is 31.4 Å². The van der Waals surface area contributed by atoms with Crippen LogP contribution in [-0.2, 0) is 6.18 Å². The summed E-state index contributed by atoms with van der Waals surface area (Å²) in [5, 5.41) is 13.9. The fraction of sp³-hybridized carbons (Fsp3) is 0.389. The van der Waals surface area contributed by atoms with Crippen molar-refractivity contribution < 1.29 is 18.3 Å². The molecule has 0 radical (unpaired) electrons. The Kier molecular flexibility index (Phi) is 5.84. The zero-order chi connectivity index (χ0) is 19.5. The van der Waals surface area contributed by atoms with Crippen LogP contribution in [-0.4, -0.2) is 28.0 Å². The highest BCUT2D eigenvalue weighted by atomic mass is 19.4. The Labute approximate surface area is 149 Å². The highest BCUT2D eigenvalue weighted by molar-refractivity contribution is 5.71. The van der Waals surface area contributed by atoms with Gasteiger partial charge in [-0.15, -0.1) is 0 Å². The normalized spacial score (nSPS) is 13.7. The molecule has 0 aliphatic heterocycles. The van der Waals surface area contributed by atoms with E-state index in [4.69, 9.17) is 0 Å². The van der Waals surface area contributed by atoms with Gasteiger partial charge in [-0.25, -0.2) is 14.7 Å². The molecule has 0 saturated heterocycles. The molecule has 0 aliphatic carbocycles. The van der Waals surface area contributed by atoms with Crippen molar-refractivity contribution in [3.63, 3.8) is 0 Å². The Morgan fingerprint density at radius 3 is 2.58 bits per heavy atom. The molecule has 1 aromatic heterocycles. The third kappa shape index (κ3) is 4.30. The molecule has 1 aromatic carbocycles. The molecule has 0 amide bonds. The first-order valence-electron chi connectivity index (χ1n) is 8.15. The number of nitrogens with zero attached hydrogens (tertiary/aromatic N) is 4. The van der Waals surface area contributed by atoms with E-state index in [-0.39, 0.29) is 16.7 Å². The third-order valence-electron chi connectivity index (χ3n) is 4.09. The predicted octanol–water partition coefficient (Wildman–Crippen LogP) is 3.99. The fourth-order valence-electron chi connectivity index (χ4n) is 2.39. The maximum atomic E-state index is 12.9. The summed E-state index contributed by atoms with van der Waals surface area (Å²) in [6.45, 7) is 9.57. The summed E-state index contributed by atoms with van der Waals surface area (Å²) in [4.78, 5) is 8.76. The molecule has 1 N–H and O–H groups in total. The van der Waals surface area contributed by atoms with Crippen molar-refractivity contribution in [2.45, 2.75) is 33.4 Å². The average Bonchev–Trinajstić information content (AvgIpc) is 2.58.